The minimum Gasteiger partial charge on any atom is -0.492 e. The quantitative estimate of drug-likeness (QED) is 0.824. The van der Waals surface area contributed by atoms with Gasteiger partial charge in [-0.3, -0.25) is 4.90 Å². The predicted octanol–water partition coefficient (Wildman–Crippen LogP) is 2.48. The molecule has 1 N–H and O–H groups in total. The molecule has 1 fully saturated rings. The molecule has 0 radical (unpaired) electrons. The lowest BCUT2D eigenvalue weighted by Gasteiger charge is -2.22. The number of ether oxygens (including phenoxy) is 1. The van der Waals surface area contributed by atoms with E-state index in [1.807, 2.05) is 0 Å². The van der Waals surface area contributed by atoms with Gasteiger partial charge < -0.3 is 14.7 Å². The molecular formula is C17H26ClFN2O2. The van der Waals surface area contributed by atoms with Crippen LogP contribution in [0.2, 0.25) is 5.02 Å². The van der Waals surface area contributed by atoms with Crippen LogP contribution in [-0.2, 0) is 6.54 Å². The van der Waals surface area contributed by atoms with Gasteiger partial charge in [0, 0.05) is 32.8 Å². The SMILES string of the molecule is CCN(C)C[C@@H]1CN(Cc2cc(F)c(OC)c(Cl)c2)C[C@@H]1CO. The van der Waals surface area contributed by atoms with Crippen LogP contribution in [0.3, 0.4) is 0 Å². The summed E-state index contributed by atoms with van der Waals surface area (Å²) < 4.78 is 18.9. The van der Waals surface area contributed by atoms with Gasteiger partial charge in [-0.05, 0) is 43.1 Å². The fourth-order valence-corrected chi connectivity index (χ4v) is 3.57. The molecule has 0 unspecified atom stereocenters. The highest BCUT2D eigenvalue weighted by Crippen LogP contribution is 2.31. The second-order valence-electron chi connectivity index (χ2n) is 6.34. The molecule has 6 heteroatoms. The molecule has 0 aliphatic carbocycles. The number of aliphatic hydroxyl groups is 1. The van der Waals surface area contributed by atoms with Crippen molar-refractivity contribution in [2.45, 2.75) is 13.5 Å². The molecule has 0 spiro atoms. The molecule has 0 saturated carbocycles. The summed E-state index contributed by atoms with van der Waals surface area (Å²) >= 11 is 6.06. The number of hydrogen-bond donors (Lipinski definition) is 1. The summed E-state index contributed by atoms with van der Waals surface area (Å²) in [6.45, 7) is 6.64. The molecule has 1 aromatic rings. The minimum atomic E-state index is -0.435. The van der Waals surface area contributed by atoms with E-state index in [2.05, 4.69) is 23.8 Å². The Bertz CT molecular complexity index is 506. The standard InChI is InChI=1S/C17H26ClFN2O2/c1-4-20(2)8-13-9-21(10-14(13)11-22)7-12-5-15(18)17(23-3)16(19)6-12/h5-6,13-14,22H,4,7-11H2,1-3H3/t13-,14-/m1/s1. The molecule has 1 aromatic carbocycles. The van der Waals surface area contributed by atoms with Crippen LogP contribution < -0.4 is 4.74 Å². The summed E-state index contributed by atoms with van der Waals surface area (Å²) in [5, 5.41) is 9.91. The zero-order chi connectivity index (χ0) is 17.0. The summed E-state index contributed by atoms with van der Waals surface area (Å²) in [6, 6.07) is 3.23. The molecule has 0 amide bonds. The molecular weight excluding hydrogens is 319 g/mol. The lowest BCUT2D eigenvalue weighted by molar-refractivity contribution is 0.177. The first-order valence-corrected chi connectivity index (χ1v) is 8.39. The van der Waals surface area contributed by atoms with Gasteiger partial charge in [0.1, 0.15) is 0 Å². The zero-order valence-corrected chi connectivity index (χ0v) is 14.8. The van der Waals surface area contributed by atoms with E-state index in [1.165, 1.54) is 13.2 Å². The summed E-state index contributed by atoms with van der Waals surface area (Å²) in [6.07, 6.45) is 0. The Balaban J connectivity index is 2.04. The number of benzene rings is 1. The third-order valence-corrected chi connectivity index (χ3v) is 4.92. The fraction of sp³-hybridized carbons (Fsp3) is 0.647. The van der Waals surface area contributed by atoms with Gasteiger partial charge >= 0.3 is 0 Å². The topological polar surface area (TPSA) is 35.9 Å². The van der Waals surface area contributed by atoms with Crippen molar-refractivity contribution in [2.75, 3.05) is 46.9 Å². The van der Waals surface area contributed by atoms with Gasteiger partial charge in [-0.15, -0.1) is 0 Å². The van der Waals surface area contributed by atoms with Crippen LogP contribution in [0.25, 0.3) is 0 Å². The van der Waals surface area contributed by atoms with Crippen LogP contribution in [0.4, 0.5) is 4.39 Å². The Morgan fingerprint density at radius 1 is 1.39 bits per heavy atom. The Morgan fingerprint density at radius 2 is 2.09 bits per heavy atom. The summed E-state index contributed by atoms with van der Waals surface area (Å²) in [7, 11) is 3.50. The van der Waals surface area contributed by atoms with Gasteiger partial charge in [0.25, 0.3) is 0 Å². The molecule has 23 heavy (non-hydrogen) atoms. The maximum Gasteiger partial charge on any atom is 0.173 e. The van der Waals surface area contributed by atoms with Crippen molar-refractivity contribution in [1.82, 2.24) is 9.80 Å². The van der Waals surface area contributed by atoms with Crippen molar-refractivity contribution in [2.24, 2.45) is 11.8 Å². The van der Waals surface area contributed by atoms with Gasteiger partial charge in [-0.25, -0.2) is 4.39 Å². The third-order valence-electron chi connectivity index (χ3n) is 4.64. The molecule has 1 aliphatic heterocycles. The highest BCUT2D eigenvalue weighted by Gasteiger charge is 2.32. The first-order chi connectivity index (χ1) is 11.0. The van der Waals surface area contributed by atoms with Crippen LogP contribution in [0.5, 0.6) is 5.75 Å². The van der Waals surface area contributed by atoms with E-state index in [9.17, 15) is 9.50 Å². The highest BCUT2D eigenvalue weighted by molar-refractivity contribution is 6.32. The van der Waals surface area contributed by atoms with E-state index in [1.54, 1.807) is 6.07 Å². The Labute approximate surface area is 142 Å². The number of halogens is 2. The van der Waals surface area contributed by atoms with E-state index in [0.717, 1.165) is 31.7 Å². The van der Waals surface area contributed by atoms with Gasteiger partial charge in [0.2, 0.25) is 0 Å². The van der Waals surface area contributed by atoms with Gasteiger partial charge in [-0.2, -0.15) is 0 Å². The van der Waals surface area contributed by atoms with Crippen molar-refractivity contribution < 1.29 is 14.2 Å². The van der Waals surface area contributed by atoms with Crippen molar-refractivity contribution in [3.63, 3.8) is 0 Å². The number of methoxy groups -OCH3 is 1. The average molecular weight is 345 g/mol. The van der Waals surface area contributed by atoms with E-state index in [0.29, 0.717) is 17.5 Å². The average Bonchev–Trinajstić information content (AvgIpc) is 2.88. The van der Waals surface area contributed by atoms with Crippen LogP contribution in [-0.4, -0.2) is 61.8 Å². The van der Waals surface area contributed by atoms with Gasteiger partial charge in [-0.1, -0.05) is 18.5 Å². The van der Waals surface area contributed by atoms with Crippen LogP contribution >= 0.6 is 11.6 Å². The molecule has 130 valence electrons. The van der Waals surface area contributed by atoms with E-state index >= 15 is 0 Å². The zero-order valence-electron chi connectivity index (χ0n) is 14.1. The number of aliphatic hydroxyl groups excluding tert-OH is 1. The molecule has 1 saturated heterocycles. The van der Waals surface area contributed by atoms with Crippen LogP contribution in [0, 0.1) is 17.7 Å². The van der Waals surface area contributed by atoms with E-state index in [4.69, 9.17) is 16.3 Å². The summed E-state index contributed by atoms with van der Waals surface area (Å²) in [4.78, 5) is 4.52. The Kier molecular flexibility index (Phi) is 6.65. The van der Waals surface area contributed by atoms with E-state index < -0.39 is 5.82 Å². The van der Waals surface area contributed by atoms with Crippen molar-refractivity contribution in [1.29, 1.82) is 0 Å². The number of likely N-dealkylation sites (tertiary alicyclic amines) is 1. The minimum absolute atomic E-state index is 0.0903. The lowest BCUT2D eigenvalue weighted by Crippen LogP contribution is -2.31. The summed E-state index contributed by atoms with van der Waals surface area (Å²) in [5.41, 5.74) is 0.828. The lowest BCUT2D eigenvalue weighted by atomic mass is 9.96. The second kappa shape index (κ2) is 8.29. The molecule has 0 bridgehead atoms. The predicted molar refractivity (Wildman–Crippen MR) is 90.5 cm³/mol. The van der Waals surface area contributed by atoms with E-state index in [-0.39, 0.29) is 18.3 Å². The monoisotopic (exact) mass is 344 g/mol. The third kappa shape index (κ3) is 4.57. The molecule has 2 rings (SSSR count). The summed E-state index contributed by atoms with van der Waals surface area (Å²) in [5.74, 6) is 0.355. The van der Waals surface area contributed by atoms with Crippen molar-refractivity contribution in [3.05, 3.63) is 28.5 Å². The Hall–Kier alpha value is -0.880. The highest BCUT2D eigenvalue weighted by atomic mass is 35.5. The fourth-order valence-electron chi connectivity index (χ4n) is 3.26. The number of rotatable bonds is 7. The molecule has 1 heterocycles. The maximum absolute atomic E-state index is 13.9. The van der Waals surface area contributed by atoms with Gasteiger partial charge in [0.15, 0.2) is 11.6 Å². The van der Waals surface area contributed by atoms with Crippen LogP contribution in [0.15, 0.2) is 12.1 Å². The van der Waals surface area contributed by atoms with Crippen molar-refractivity contribution in [3.8, 4) is 5.75 Å². The normalized spacial score (nSPS) is 22.0. The molecule has 1 aliphatic rings. The Morgan fingerprint density at radius 3 is 2.65 bits per heavy atom. The smallest absolute Gasteiger partial charge is 0.173 e. The maximum atomic E-state index is 13.9. The van der Waals surface area contributed by atoms with Gasteiger partial charge in [0.05, 0.1) is 12.1 Å². The van der Waals surface area contributed by atoms with Crippen molar-refractivity contribution >= 4 is 11.6 Å². The second-order valence-corrected chi connectivity index (χ2v) is 6.75. The number of hydrogen-bond acceptors (Lipinski definition) is 4. The number of nitrogens with zero attached hydrogens (tertiary/aromatic N) is 2. The molecule has 0 aromatic heterocycles. The molecule has 2 atom stereocenters. The largest absolute Gasteiger partial charge is 0.492 e. The molecule has 4 nitrogen and oxygen atoms in total. The first kappa shape index (κ1) is 18.5. The van der Waals surface area contributed by atoms with Crippen LogP contribution in [0.1, 0.15) is 12.5 Å². The first-order valence-electron chi connectivity index (χ1n) is 8.02.